The number of hydrogen-bond acceptors (Lipinski definition) is 2. The molecule has 2 aromatic rings. The van der Waals surface area contributed by atoms with Gasteiger partial charge < -0.3 is 5.32 Å². The number of aryl methyl sites for hydroxylation is 2. The van der Waals surface area contributed by atoms with E-state index in [-0.39, 0.29) is 0 Å². The number of benzene rings is 1. The number of aromatic nitrogens is 2. The molecule has 0 saturated carbocycles. The van der Waals surface area contributed by atoms with Crippen molar-refractivity contribution < 1.29 is 0 Å². The second-order valence-electron chi connectivity index (χ2n) is 5.59. The summed E-state index contributed by atoms with van der Waals surface area (Å²) in [6, 6.07) is 13.4. The zero-order chi connectivity index (χ0) is 15.2. The van der Waals surface area contributed by atoms with Crippen LogP contribution in [0.1, 0.15) is 43.6 Å². The molecule has 0 aliphatic carbocycles. The summed E-state index contributed by atoms with van der Waals surface area (Å²) < 4.78 is 2.14. The summed E-state index contributed by atoms with van der Waals surface area (Å²) in [7, 11) is 2.05. The smallest absolute Gasteiger partial charge is 0.0624 e. The van der Waals surface area contributed by atoms with Crippen molar-refractivity contribution in [2.24, 2.45) is 0 Å². The van der Waals surface area contributed by atoms with Crippen molar-refractivity contribution in [2.75, 3.05) is 7.05 Å². The lowest BCUT2D eigenvalue weighted by Gasteiger charge is -2.24. The van der Waals surface area contributed by atoms with Gasteiger partial charge in [0.15, 0.2) is 0 Å². The summed E-state index contributed by atoms with van der Waals surface area (Å²) in [6.07, 6.45) is 2.01. The molecule has 2 atom stereocenters. The fourth-order valence-electron chi connectivity index (χ4n) is 2.87. The Kier molecular flexibility index (Phi) is 5.57. The first-order valence-electron chi connectivity index (χ1n) is 7.97. The fourth-order valence-corrected chi connectivity index (χ4v) is 2.87. The summed E-state index contributed by atoms with van der Waals surface area (Å²) in [5.41, 5.74) is 3.90. The predicted molar refractivity (Wildman–Crippen MR) is 88.7 cm³/mol. The normalized spacial score (nSPS) is 14.1. The molecule has 0 saturated heterocycles. The number of nitrogens with one attached hydrogen (secondary N) is 1. The molecule has 21 heavy (non-hydrogen) atoms. The summed E-state index contributed by atoms with van der Waals surface area (Å²) in [4.78, 5) is 0. The summed E-state index contributed by atoms with van der Waals surface area (Å²) in [5.74, 6) is 0.474. The average Bonchev–Trinajstić information content (AvgIpc) is 2.95. The Morgan fingerprint density at radius 1 is 1.19 bits per heavy atom. The average molecular weight is 285 g/mol. The molecular formula is C18H27N3. The number of rotatable bonds is 7. The minimum absolute atomic E-state index is 0.416. The van der Waals surface area contributed by atoms with Crippen molar-refractivity contribution in [3.8, 4) is 0 Å². The van der Waals surface area contributed by atoms with E-state index in [0.29, 0.717) is 12.0 Å². The van der Waals surface area contributed by atoms with Crippen LogP contribution in [0.3, 0.4) is 0 Å². The van der Waals surface area contributed by atoms with E-state index in [9.17, 15) is 0 Å². The zero-order valence-corrected chi connectivity index (χ0v) is 13.6. The Morgan fingerprint density at radius 2 is 1.90 bits per heavy atom. The lowest BCUT2D eigenvalue weighted by molar-refractivity contribution is 0.463. The largest absolute Gasteiger partial charge is 0.316 e. The van der Waals surface area contributed by atoms with Crippen LogP contribution in [0.2, 0.25) is 0 Å². The molecule has 2 unspecified atom stereocenters. The minimum atomic E-state index is 0.416. The molecule has 0 fully saturated rings. The van der Waals surface area contributed by atoms with Crippen molar-refractivity contribution in [3.05, 3.63) is 53.3 Å². The van der Waals surface area contributed by atoms with Crippen LogP contribution < -0.4 is 5.32 Å². The lowest BCUT2D eigenvalue weighted by Crippen LogP contribution is -2.33. The maximum Gasteiger partial charge on any atom is 0.0624 e. The van der Waals surface area contributed by atoms with Gasteiger partial charge in [-0.15, -0.1) is 0 Å². The number of nitrogens with zero attached hydrogens (tertiary/aromatic N) is 2. The molecule has 1 heterocycles. The molecule has 2 rings (SSSR count). The maximum atomic E-state index is 4.66. The molecule has 0 aliphatic rings. The number of hydrogen-bond donors (Lipinski definition) is 1. The molecule has 0 bridgehead atoms. The van der Waals surface area contributed by atoms with Crippen LogP contribution in [0.15, 0.2) is 36.4 Å². The van der Waals surface area contributed by atoms with Crippen molar-refractivity contribution in [1.82, 2.24) is 15.1 Å². The van der Waals surface area contributed by atoms with Crippen LogP contribution in [0.25, 0.3) is 0 Å². The molecule has 1 aromatic heterocycles. The Labute approximate surface area is 128 Å². The van der Waals surface area contributed by atoms with Crippen LogP contribution >= 0.6 is 0 Å². The van der Waals surface area contributed by atoms with E-state index in [1.54, 1.807) is 0 Å². The van der Waals surface area contributed by atoms with Gasteiger partial charge in [0.1, 0.15) is 0 Å². The minimum Gasteiger partial charge on any atom is -0.316 e. The lowest BCUT2D eigenvalue weighted by atomic mass is 9.90. The summed E-state index contributed by atoms with van der Waals surface area (Å²) >= 11 is 0. The van der Waals surface area contributed by atoms with Crippen LogP contribution in [-0.2, 0) is 19.4 Å². The molecule has 1 N–H and O–H groups in total. The second-order valence-corrected chi connectivity index (χ2v) is 5.59. The van der Waals surface area contributed by atoms with Gasteiger partial charge in [-0.3, -0.25) is 4.68 Å². The molecule has 3 nitrogen and oxygen atoms in total. The van der Waals surface area contributed by atoms with Gasteiger partial charge in [-0.05, 0) is 37.9 Å². The fraction of sp³-hybridized carbons (Fsp3) is 0.500. The third kappa shape index (κ3) is 3.73. The highest BCUT2D eigenvalue weighted by molar-refractivity contribution is 5.22. The van der Waals surface area contributed by atoms with Gasteiger partial charge in [-0.1, -0.05) is 44.2 Å². The molecule has 0 amide bonds. The third-order valence-corrected chi connectivity index (χ3v) is 4.30. The SMILES string of the molecule is CCc1cc(CC(NC)C(C)c2ccccc2)n(CC)n1. The quantitative estimate of drug-likeness (QED) is 0.845. The van der Waals surface area contributed by atoms with E-state index in [1.807, 2.05) is 0 Å². The van der Waals surface area contributed by atoms with Crippen molar-refractivity contribution >= 4 is 0 Å². The van der Waals surface area contributed by atoms with Gasteiger partial charge >= 0.3 is 0 Å². The van der Waals surface area contributed by atoms with Crippen LogP contribution in [0.5, 0.6) is 0 Å². The van der Waals surface area contributed by atoms with Gasteiger partial charge in [-0.25, -0.2) is 0 Å². The van der Waals surface area contributed by atoms with E-state index in [1.165, 1.54) is 17.0 Å². The van der Waals surface area contributed by atoms with Crippen LogP contribution in [0, 0.1) is 0 Å². The van der Waals surface area contributed by atoms with Gasteiger partial charge in [0, 0.05) is 24.7 Å². The molecule has 1 aromatic carbocycles. The Morgan fingerprint density at radius 3 is 2.48 bits per heavy atom. The second kappa shape index (κ2) is 7.41. The maximum absolute atomic E-state index is 4.66. The Bertz CT molecular complexity index is 545. The predicted octanol–water partition coefficient (Wildman–Crippen LogP) is 3.40. The Balaban J connectivity index is 2.17. The van der Waals surface area contributed by atoms with Crippen molar-refractivity contribution in [2.45, 2.75) is 52.1 Å². The van der Waals surface area contributed by atoms with Gasteiger partial charge in [0.2, 0.25) is 0 Å². The van der Waals surface area contributed by atoms with E-state index in [2.05, 4.69) is 79.3 Å². The Hall–Kier alpha value is -1.61. The molecule has 114 valence electrons. The summed E-state index contributed by atoms with van der Waals surface area (Å²) in [5, 5.41) is 8.14. The first kappa shape index (κ1) is 15.8. The number of likely N-dealkylation sites (N-methyl/N-ethyl adjacent to an activating group) is 1. The summed E-state index contributed by atoms with van der Waals surface area (Å²) in [6.45, 7) is 7.55. The van der Waals surface area contributed by atoms with Crippen molar-refractivity contribution in [1.29, 1.82) is 0 Å². The van der Waals surface area contributed by atoms with E-state index in [0.717, 1.165) is 19.4 Å². The standard InChI is InChI=1S/C18H27N3/c1-5-16-12-17(21(6-2)20-16)13-18(19-4)14(3)15-10-8-7-9-11-15/h7-12,14,18-19H,5-6,13H2,1-4H3. The first-order valence-corrected chi connectivity index (χ1v) is 7.97. The van der Waals surface area contributed by atoms with E-state index in [4.69, 9.17) is 0 Å². The monoisotopic (exact) mass is 285 g/mol. The van der Waals surface area contributed by atoms with Crippen molar-refractivity contribution in [3.63, 3.8) is 0 Å². The zero-order valence-electron chi connectivity index (χ0n) is 13.6. The molecular weight excluding hydrogens is 258 g/mol. The van der Waals surface area contributed by atoms with Crippen LogP contribution in [-0.4, -0.2) is 22.9 Å². The van der Waals surface area contributed by atoms with Gasteiger partial charge in [-0.2, -0.15) is 5.10 Å². The molecule has 0 aliphatic heterocycles. The topological polar surface area (TPSA) is 29.9 Å². The first-order chi connectivity index (χ1) is 10.2. The van der Waals surface area contributed by atoms with Gasteiger partial charge in [0.25, 0.3) is 0 Å². The molecule has 0 radical (unpaired) electrons. The van der Waals surface area contributed by atoms with Gasteiger partial charge in [0.05, 0.1) is 5.69 Å². The molecule has 3 heteroatoms. The highest BCUT2D eigenvalue weighted by Gasteiger charge is 2.19. The van der Waals surface area contributed by atoms with Crippen LogP contribution in [0.4, 0.5) is 0 Å². The molecule has 0 spiro atoms. The van der Waals surface area contributed by atoms with E-state index >= 15 is 0 Å². The third-order valence-electron chi connectivity index (χ3n) is 4.30. The van der Waals surface area contributed by atoms with E-state index < -0.39 is 0 Å². The highest BCUT2D eigenvalue weighted by Crippen LogP contribution is 2.22. The highest BCUT2D eigenvalue weighted by atomic mass is 15.3.